The highest BCUT2D eigenvalue weighted by Gasteiger charge is 2.31. The molecule has 4 rings (SSSR count). The summed E-state index contributed by atoms with van der Waals surface area (Å²) in [7, 11) is 1.67. The number of fused-ring (bicyclic) bond motifs is 1. The topological polar surface area (TPSA) is 71.8 Å². The molecule has 164 valence electrons. The fourth-order valence-electron chi connectivity index (χ4n) is 4.02. The van der Waals surface area contributed by atoms with Crippen molar-refractivity contribution in [3.05, 3.63) is 42.7 Å². The molecule has 2 aromatic heterocycles. The van der Waals surface area contributed by atoms with E-state index in [1.54, 1.807) is 11.6 Å². The molecule has 1 aliphatic rings. The van der Waals surface area contributed by atoms with Crippen LogP contribution in [0.3, 0.4) is 0 Å². The zero-order valence-electron chi connectivity index (χ0n) is 18.8. The number of nitrogens with one attached hydrogen (secondary N) is 1. The first-order valence-corrected chi connectivity index (χ1v) is 10.9. The second kappa shape index (κ2) is 8.57. The number of aromatic nitrogens is 3. The highest BCUT2D eigenvalue weighted by atomic mass is 16.5. The number of hydrogen-bond donors (Lipinski definition) is 1. The normalized spacial score (nSPS) is 16.8. The maximum atomic E-state index is 12.4. The van der Waals surface area contributed by atoms with Gasteiger partial charge in [-0.15, -0.1) is 0 Å². The van der Waals surface area contributed by atoms with Crippen molar-refractivity contribution in [3.63, 3.8) is 0 Å². The van der Waals surface area contributed by atoms with Gasteiger partial charge >= 0.3 is 0 Å². The SMILES string of the molecule is COc1ccccc1-c1cnn2ccc(NCC3CCC(=O)N3CCC(C)(C)C)nc12. The Labute approximate surface area is 183 Å². The zero-order valence-corrected chi connectivity index (χ0v) is 18.8. The van der Waals surface area contributed by atoms with Crippen LogP contribution in [0.1, 0.15) is 40.0 Å². The summed E-state index contributed by atoms with van der Waals surface area (Å²) >= 11 is 0. The molecule has 0 saturated carbocycles. The third kappa shape index (κ3) is 4.65. The van der Waals surface area contributed by atoms with Crippen molar-refractivity contribution in [1.29, 1.82) is 0 Å². The summed E-state index contributed by atoms with van der Waals surface area (Å²) in [4.78, 5) is 19.2. The van der Waals surface area contributed by atoms with Crippen molar-refractivity contribution in [3.8, 4) is 16.9 Å². The van der Waals surface area contributed by atoms with Gasteiger partial charge in [0.2, 0.25) is 5.91 Å². The zero-order chi connectivity index (χ0) is 22.0. The molecule has 1 unspecified atom stereocenters. The van der Waals surface area contributed by atoms with Crippen LogP contribution in [0.25, 0.3) is 16.8 Å². The molecule has 1 saturated heterocycles. The number of methoxy groups -OCH3 is 1. The molecule has 31 heavy (non-hydrogen) atoms. The van der Waals surface area contributed by atoms with Crippen molar-refractivity contribution in [1.82, 2.24) is 19.5 Å². The lowest BCUT2D eigenvalue weighted by atomic mass is 9.92. The summed E-state index contributed by atoms with van der Waals surface area (Å²) in [6, 6.07) is 9.99. The Bertz CT molecular complexity index is 1070. The number of benzene rings is 1. The Morgan fingerprint density at radius 1 is 1.19 bits per heavy atom. The Morgan fingerprint density at radius 3 is 2.77 bits per heavy atom. The quantitative estimate of drug-likeness (QED) is 0.618. The summed E-state index contributed by atoms with van der Waals surface area (Å²) in [5, 5.41) is 7.88. The van der Waals surface area contributed by atoms with Crippen LogP contribution < -0.4 is 10.1 Å². The Kier molecular flexibility index (Phi) is 5.85. The third-order valence-electron chi connectivity index (χ3n) is 5.84. The van der Waals surface area contributed by atoms with Gasteiger partial charge in [0.25, 0.3) is 0 Å². The molecule has 7 nitrogen and oxygen atoms in total. The highest BCUT2D eigenvalue weighted by molar-refractivity contribution is 5.81. The van der Waals surface area contributed by atoms with E-state index in [0.717, 1.165) is 47.7 Å². The number of amides is 1. The van der Waals surface area contributed by atoms with E-state index in [9.17, 15) is 4.79 Å². The van der Waals surface area contributed by atoms with Crippen molar-refractivity contribution >= 4 is 17.4 Å². The Morgan fingerprint density at radius 2 is 2.00 bits per heavy atom. The summed E-state index contributed by atoms with van der Waals surface area (Å²) in [6.07, 6.45) is 6.23. The number of carbonyl (C=O) groups is 1. The molecule has 0 spiro atoms. The summed E-state index contributed by atoms with van der Waals surface area (Å²) in [5.74, 6) is 1.82. The van der Waals surface area contributed by atoms with Crippen LogP contribution in [-0.4, -0.2) is 51.6 Å². The van der Waals surface area contributed by atoms with Gasteiger partial charge in [0.15, 0.2) is 5.65 Å². The molecule has 1 aliphatic heterocycles. The van der Waals surface area contributed by atoms with E-state index >= 15 is 0 Å². The molecule has 0 bridgehead atoms. The van der Waals surface area contributed by atoms with Gasteiger partial charge in [-0.1, -0.05) is 39.0 Å². The van der Waals surface area contributed by atoms with Gasteiger partial charge in [0.1, 0.15) is 11.6 Å². The van der Waals surface area contributed by atoms with Crippen LogP contribution in [0.2, 0.25) is 0 Å². The maximum Gasteiger partial charge on any atom is 0.222 e. The van der Waals surface area contributed by atoms with Crippen LogP contribution in [0.5, 0.6) is 5.75 Å². The number of para-hydroxylation sites is 1. The predicted octanol–water partition coefficient (Wildman–Crippen LogP) is 4.24. The molecule has 3 aromatic rings. The fourth-order valence-corrected chi connectivity index (χ4v) is 4.02. The van der Waals surface area contributed by atoms with Crippen molar-refractivity contribution in [2.24, 2.45) is 5.41 Å². The van der Waals surface area contributed by atoms with Crippen LogP contribution in [-0.2, 0) is 4.79 Å². The Hall–Kier alpha value is -3.09. The lowest BCUT2D eigenvalue weighted by molar-refractivity contribution is -0.129. The van der Waals surface area contributed by atoms with Crippen LogP contribution in [0, 0.1) is 5.41 Å². The summed E-state index contributed by atoms with van der Waals surface area (Å²) in [6.45, 7) is 8.14. The second-order valence-corrected chi connectivity index (χ2v) is 9.31. The molecule has 0 radical (unpaired) electrons. The number of likely N-dealkylation sites (tertiary alicyclic amines) is 1. The van der Waals surface area contributed by atoms with Crippen LogP contribution in [0.15, 0.2) is 42.7 Å². The van der Waals surface area contributed by atoms with E-state index in [1.807, 2.05) is 47.6 Å². The molecule has 3 heterocycles. The number of anilines is 1. The minimum atomic E-state index is 0.200. The van der Waals surface area contributed by atoms with Crippen molar-refractivity contribution < 1.29 is 9.53 Å². The minimum absolute atomic E-state index is 0.200. The molecular weight excluding hydrogens is 390 g/mol. The third-order valence-corrected chi connectivity index (χ3v) is 5.84. The molecule has 1 fully saturated rings. The first-order valence-electron chi connectivity index (χ1n) is 10.9. The van der Waals surface area contributed by atoms with Gasteiger partial charge in [-0.25, -0.2) is 9.50 Å². The van der Waals surface area contributed by atoms with Crippen molar-refractivity contribution in [2.45, 2.75) is 46.1 Å². The molecule has 1 amide bonds. The molecular formula is C24H31N5O2. The highest BCUT2D eigenvalue weighted by Crippen LogP contribution is 2.32. The van der Waals surface area contributed by atoms with Crippen LogP contribution in [0.4, 0.5) is 5.82 Å². The lowest BCUT2D eigenvalue weighted by Crippen LogP contribution is -2.39. The number of carbonyl (C=O) groups excluding carboxylic acids is 1. The number of rotatable bonds is 7. The fraction of sp³-hybridized carbons (Fsp3) is 0.458. The van der Waals surface area contributed by atoms with E-state index in [0.29, 0.717) is 13.0 Å². The monoisotopic (exact) mass is 421 g/mol. The summed E-state index contributed by atoms with van der Waals surface area (Å²) in [5.41, 5.74) is 2.86. The standard InChI is InChI=1S/C24H31N5O2/c1-24(2,3)12-14-28-17(9-10-22(28)30)15-25-21-11-13-29-23(27-21)19(16-26-29)18-7-5-6-8-20(18)31-4/h5-8,11,13,16-17H,9-10,12,14-15H2,1-4H3,(H,25,27). The average molecular weight is 422 g/mol. The number of ether oxygens (including phenoxy) is 1. The van der Waals surface area contributed by atoms with Gasteiger partial charge in [-0.05, 0) is 30.4 Å². The minimum Gasteiger partial charge on any atom is -0.496 e. The van der Waals surface area contributed by atoms with Gasteiger partial charge < -0.3 is 15.0 Å². The molecule has 1 atom stereocenters. The first-order chi connectivity index (χ1) is 14.9. The van der Waals surface area contributed by atoms with Crippen LogP contribution >= 0.6 is 0 Å². The number of hydrogen-bond acceptors (Lipinski definition) is 5. The van der Waals surface area contributed by atoms with E-state index in [4.69, 9.17) is 9.72 Å². The summed E-state index contributed by atoms with van der Waals surface area (Å²) < 4.78 is 7.28. The maximum absolute atomic E-state index is 12.4. The van der Waals surface area contributed by atoms with Gasteiger partial charge in [0, 0.05) is 37.3 Å². The van der Waals surface area contributed by atoms with Gasteiger partial charge in [-0.2, -0.15) is 5.10 Å². The molecule has 0 aliphatic carbocycles. The molecule has 1 N–H and O–H groups in total. The van der Waals surface area contributed by atoms with E-state index in [1.165, 1.54) is 0 Å². The van der Waals surface area contributed by atoms with Gasteiger partial charge in [-0.3, -0.25) is 4.79 Å². The predicted molar refractivity (Wildman–Crippen MR) is 122 cm³/mol. The van der Waals surface area contributed by atoms with E-state index in [-0.39, 0.29) is 17.4 Å². The second-order valence-electron chi connectivity index (χ2n) is 9.31. The first kappa shape index (κ1) is 21.2. The van der Waals surface area contributed by atoms with Gasteiger partial charge in [0.05, 0.1) is 18.9 Å². The molecule has 7 heteroatoms. The number of nitrogens with zero attached hydrogens (tertiary/aromatic N) is 4. The van der Waals surface area contributed by atoms with Crippen molar-refractivity contribution in [2.75, 3.05) is 25.5 Å². The lowest BCUT2D eigenvalue weighted by Gasteiger charge is -2.28. The Balaban J connectivity index is 1.51. The van der Waals surface area contributed by atoms with E-state index < -0.39 is 0 Å². The van der Waals surface area contributed by atoms with E-state index in [2.05, 4.69) is 31.2 Å². The molecule has 1 aromatic carbocycles. The largest absolute Gasteiger partial charge is 0.496 e. The average Bonchev–Trinajstić information content (AvgIpc) is 3.32. The smallest absolute Gasteiger partial charge is 0.222 e.